The zero-order chi connectivity index (χ0) is 18.1. The molecule has 0 saturated heterocycles. The third kappa shape index (κ3) is 8.12. The number of nitrogens with one attached hydrogen (secondary N) is 1. The first-order valence-electron chi connectivity index (χ1n) is 9.50. The molecule has 2 rings (SSSR count). The van der Waals surface area contributed by atoms with Crippen molar-refractivity contribution in [1.82, 2.24) is 5.32 Å². The van der Waals surface area contributed by atoms with E-state index in [-0.39, 0.29) is 6.09 Å². The van der Waals surface area contributed by atoms with Crippen molar-refractivity contribution >= 4 is 6.09 Å². The molecule has 0 aromatic heterocycles. The fourth-order valence-electron chi connectivity index (χ4n) is 3.03. The molecular formula is C22H31NO2. The van der Waals surface area contributed by atoms with Crippen molar-refractivity contribution in [3.05, 3.63) is 35.4 Å². The number of carbonyl (C=O) groups is 1. The van der Waals surface area contributed by atoms with Crippen molar-refractivity contribution in [2.24, 2.45) is 5.92 Å². The summed E-state index contributed by atoms with van der Waals surface area (Å²) in [6.07, 6.45) is 7.98. The number of carbonyl (C=O) groups excluding carboxylic acids is 1. The molecule has 1 saturated carbocycles. The molecule has 1 fully saturated rings. The van der Waals surface area contributed by atoms with Crippen LogP contribution in [0.3, 0.4) is 0 Å². The molecule has 136 valence electrons. The lowest BCUT2D eigenvalue weighted by Gasteiger charge is -2.19. The van der Waals surface area contributed by atoms with Gasteiger partial charge in [-0.3, -0.25) is 0 Å². The molecule has 3 heteroatoms. The van der Waals surface area contributed by atoms with Gasteiger partial charge in [-0.2, -0.15) is 0 Å². The first kappa shape index (κ1) is 19.4. The number of amides is 1. The van der Waals surface area contributed by atoms with Crippen LogP contribution in [0.5, 0.6) is 0 Å². The molecule has 3 nitrogen and oxygen atoms in total. The summed E-state index contributed by atoms with van der Waals surface area (Å²) in [6.45, 7) is 6.22. The lowest BCUT2D eigenvalue weighted by Crippen LogP contribution is -2.33. The van der Waals surface area contributed by atoms with Gasteiger partial charge in [-0.05, 0) is 64.2 Å². The number of hydrogen-bond acceptors (Lipinski definition) is 2. The Balaban J connectivity index is 1.76. The molecule has 0 bridgehead atoms. The summed E-state index contributed by atoms with van der Waals surface area (Å²) in [6, 6.07) is 8.45. The van der Waals surface area contributed by atoms with E-state index in [0.29, 0.717) is 12.5 Å². The van der Waals surface area contributed by atoms with Gasteiger partial charge in [-0.25, -0.2) is 4.79 Å². The van der Waals surface area contributed by atoms with E-state index < -0.39 is 5.60 Å². The van der Waals surface area contributed by atoms with Gasteiger partial charge in [0.15, 0.2) is 0 Å². The van der Waals surface area contributed by atoms with Crippen LogP contribution in [0.2, 0.25) is 0 Å². The highest BCUT2D eigenvalue weighted by Crippen LogP contribution is 2.22. The minimum Gasteiger partial charge on any atom is -0.444 e. The number of ether oxygens (including phenoxy) is 1. The number of hydrogen-bond donors (Lipinski definition) is 1. The number of rotatable bonds is 4. The zero-order valence-electron chi connectivity index (χ0n) is 15.9. The molecule has 1 N–H and O–H groups in total. The Morgan fingerprint density at radius 3 is 2.72 bits per heavy atom. The Kier molecular flexibility index (Phi) is 7.37. The average molecular weight is 341 g/mol. The largest absolute Gasteiger partial charge is 0.444 e. The Morgan fingerprint density at radius 2 is 2.00 bits per heavy atom. The molecule has 0 spiro atoms. The van der Waals surface area contributed by atoms with Crippen LogP contribution in [-0.4, -0.2) is 18.2 Å². The highest BCUT2D eigenvalue weighted by Gasteiger charge is 2.15. The molecule has 1 aliphatic carbocycles. The summed E-state index contributed by atoms with van der Waals surface area (Å²) in [5, 5.41) is 2.80. The second-order valence-electron chi connectivity index (χ2n) is 7.84. The van der Waals surface area contributed by atoms with Gasteiger partial charge in [0, 0.05) is 18.0 Å². The Labute approximate surface area is 152 Å². The predicted octanol–water partition coefficient (Wildman–Crippen LogP) is 5.08. The molecule has 25 heavy (non-hydrogen) atoms. The van der Waals surface area contributed by atoms with Crippen LogP contribution in [0.4, 0.5) is 4.79 Å². The van der Waals surface area contributed by atoms with E-state index in [4.69, 9.17) is 4.74 Å². The standard InChI is InChI=1S/C22H31NO2/c1-22(2,3)25-21(24)23-16-8-13-19-11-7-12-20(17-19)15-14-18-9-5-4-6-10-18/h7,11-12,17-18H,4-6,8-10,13,16H2,1-3H3,(H,23,24). The SMILES string of the molecule is CC(C)(C)OC(=O)NCCCc1cccc(C#CC2CCCCC2)c1. The Bertz CT molecular complexity index is 613. The van der Waals surface area contributed by atoms with Gasteiger partial charge in [-0.15, -0.1) is 0 Å². The highest BCUT2D eigenvalue weighted by atomic mass is 16.6. The maximum atomic E-state index is 11.6. The minimum atomic E-state index is -0.449. The van der Waals surface area contributed by atoms with Crippen LogP contribution in [0, 0.1) is 17.8 Å². The fourth-order valence-corrected chi connectivity index (χ4v) is 3.03. The summed E-state index contributed by atoms with van der Waals surface area (Å²) in [5.41, 5.74) is 1.92. The lowest BCUT2D eigenvalue weighted by molar-refractivity contribution is 0.0527. The van der Waals surface area contributed by atoms with Crippen LogP contribution in [-0.2, 0) is 11.2 Å². The van der Waals surface area contributed by atoms with Crippen LogP contribution in [0.1, 0.15) is 70.4 Å². The minimum absolute atomic E-state index is 0.348. The molecule has 1 aliphatic rings. The predicted molar refractivity (Wildman–Crippen MR) is 102 cm³/mol. The van der Waals surface area contributed by atoms with Gasteiger partial charge in [0.1, 0.15) is 5.60 Å². The Hall–Kier alpha value is -1.95. The lowest BCUT2D eigenvalue weighted by atomic mass is 9.89. The van der Waals surface area contributed by atoms with Crippen molar-refractivity contribution in [2.75, 3.05) is 6.54 Å². The van der Waals surface area contributed by atoms with Crippen molar-refractivity contribution in [2.45, 2.75) is 71.3 Å². The molecular weight excluding hydrogens is 310 g/mol. The maximum absolute atomic E-state index is 11.6. The Morgan fingerprint density at radius 1 is 1.24 bits per heavy atom. The monoisotopic (exact) mass is 341 g/mol. The number of aryl methyl sites for hydroxylation is 1. The summed E-state index contributed by atoms with van der Waals surface area (Å²) in [5.74, 6) is 7.37. The van der Waals surface area contributed by atoms with E-state index in [2.05, 4.69) is 41.4 Å². The summed E-state index contributed by atoms with van der Waals surface area (Å²) in [4.78, 5) is 11.6. The fraction of sp³-hybridized carbons (Fsp3) is 0.591. The molecule has 0 heterocycles. The molecule has 1 aromatic carbocycles. The van der Waals surface area contributed by atoms with E-state index in [1.54, 1.807) is 0 Å². The summed E-state index contributed by atoms with van der Waals surface area (Å²) >= 11 is 0. The topological polar surface area (TPSA) is 38.3 Å². The second kappa shape index (κ2) is 9.51. The van der Waals surface area contributed by atoms with E-state index in [1.165, 1.54) is 37.7 Å². The molecule has 0 radical (unpaired) electrons. The van der Waals surface area contributed by atoms with Gasteiger partial charge < -0.3 is 10.1 Å². The molecule has 0 atom stereocenters. The highest BCUT2D eigenvalue weighted by molar-refractivity contribution is 5.67. The van der Waals surface area contributed by atoms with E-state index >= 15 is 0 Å². The summed E-state index contributed by atoms with van der Waals surface area (Å²) in [7, 11) is 0. The van der Waals surface area contributed by atoms with Gasteiger partial charge in [0.2, 0.25) is 0 Å². The van der Waals surface area contributed by atoms with Crippen molar-refractivity contribution in [3.8, 4) is 11.8 Å². The van der Waals surface area contributed by atoms with Crippen molar-refractivity contribution in [1.29, 1.82) is 0 Å². The van der Waals surface area contributed by atoms with Gasteiger partial charge in [0.25, 0.3) is 0 Å². The molecule has 1 aromatic rings. The summed E-state index contributed by atoms with van der Waals surface area (Å²) < 4.78 is 5.23. The van der Waals surface area contributed by atoms with Crippen LogP contribution < -0.4 is 5.32 Å². The molecule has 0 aliphatic heterocycles. The van der Waals surface area contributed by atoms with Crippen molar-refractivity contribution < 1.29 is 9.53 Å². The van der Waals surface area contributed by atoms with Crippen LogP contribution in [0.25, 0.3) is 0 Å². The first-order valence-corrected chi connectivity index (χ1v) is 9.50. The first-order chi connectivity index (χ1) is 11.9. The molecule has 1 amide bonds. The third-order valence-electron chi connectivity index (χ3n) is 4.26. The normalized spacial score (nSPS) is 15.2. The van der Waals surface area contributed by atoms with E-state index in [0.717, 1.165) is 18.4 Å². The van der Waals surface area contributed by atoms with E-state index in [9.17, 15) is 4.79 Å². The smallest absolute Gasteiger partial charge is 0.407 e. The van der Waals surface area contributed by atoms with Crippen LogP contribution >= 0.6 is 0 Å². The van der Waals surface area contributed by atoms with Gasteiger partial charge in [0.05, 0.1) is 0 Å². The maximum Gasteiger partial charge on any atom is 0.407 e. The molecule has 0 unspecified atom stereocenters. The average Bonchev–Trinajstić information content (AvgIpc) is 2.57. The zero-order valence-corrected chi connectivity index (χ0v) is 15.9. The second-order valence-corrected chi connectivity index (χ2v) is 7.84. The van der Waals surface area contributed by atoms with Crippen LogP contribution in [0.15, 0.2) is 24.3 Å². The number of alkyl carbamates (subject to hydrolysis) is 1. The van der Waals surface area contributed by atoms with Gasteiger partial charge in [-0.1, -0.05) is 43.2 Å². The number of benzene rings is 1. The van der Waals surface area contributed by atoms with Gasteiger partial charge >= 0.3 is 6.09 Å². The third-order valence-corrected chi connectivity index (χ3v) is 4.26. The quantitative estimate of drug-likeness (QED) is 0.613. The van der Waals surface area contributed by atoms with Crippen molar-refractivity contribution in [3.63, 3.8) is 0 Å². The van der Waals surface area contributed by atoms with E-state index in [1.807, 2.05) is 20.8 Å².